The third-order valence-electron chi connectivity index (χ3n) is 10.1. The fourth-order valence-electron chi connectivity index (χ4n) is 6.41. The Kier molecular flexibility index (Phi) is 40.8. The van der Waals surface area contributed by atoms with Gasteiger partial charge in [-0.2, -0.15) is 0 Å². The Balaban J connectivity index is 3.64. The van der Waals surface area contributed by atoms with E-state index in [1.165, 1.54) is 57.8 Å². The number of hydrogen-bond donors (Lipinski definition) is 8. The topological polar surface area (TPSA) is 277 Å². The van der Waals surface area contributed by atoms with Crippen LogP contribution >= 0.6 is 0 Å². The van der Waals surface area contributed by atoms with Gasteiger partial charge in [0.1, 0.15) is 19.3 Å². The second kappa shape index (κ2) is 43.4. The highest BCUT2D eigenvalue weighted by molar-refractivity contribution is 6.06. The van der Waals surface area contributed by atoms with Gasteiger partial charge in [0.15, 0.2) is 7.98 Å². The van der Waals surface area contributed by atoms with Gasteiger partial charge in [-0.3, -0.25) is 28.8 Å². The SMILES string of the molecule is BN[C@@H](CCCCNC(=O)COCCOCCNC(=O)COCCOCCNC(=O)CC[C@H](NC(=O)CCCCCCCCCCCCCCCCCCC(=O)O)C(=O)O)C(=O)O. The number of ether oxygens (including phenoxy) is 4. The summed E-state index contributed by atoms with van der Waals surface area (Å²) >= 11 is 0. The molecule has 20 heteroatoms. The minimum absolute atomic E-state index is 0.0272. The molecule has 0 saturated carbocycles. The normalized spacial score (nSPS) is 12.0. The highest BCUT2D eigenvalue weighted by Crippen LogP contribution is 2.14. The molecule has 364 valence electrons. The quantitative estimate of drug-likeness (QED) is 0.0322. The zero-order valence-corrected chi connectivity index (χ0v) is 38.0. The first kappa shape index (κ1) is 59.2. The summed E-state index contributed by atoms with van der Waals surface area (Å²) in [7, 11) is 1.60. The summed E-state index contributed by atoms with van der Waals surface area (Å²) < 4.78 is 21.3. The van der Waals surface area contributed by atoms with Crippen LogP contribution in [0.2, 0.25) is 0 Å². The van der Waals surface area contributed by atoms with Crippen LogP contribution in [-0.2, 0) is 52.5 Å². The van der Waals surface area contributed by atoms with Gasteiger partial charge in [-0.15, -0.1) is 0 Å². The molecule has 8 N–H and O–H groups in total. The van der Waals surface area contributed by atoms with Crippen molar-refractivity contribution in [1.29, 1.82) is 0 Å². The molecule has 19 nitrogen and oxygen atoms in total. The second-order valence-electron chi connectivity index (χ2n) is 15.6. The summed E-state index contributed by atoms with van der Waals surface area (Å²) in [6.45, 7) is 1.87. The molecule has 0 rings (SSSR count). The number of hydrogen-bond acceptors (Lipinski definition) is 12. The Morgan fingerprint density at radius 1 is 0.397 bits per heavy atom. The fourth-order valence-corrected chi connectivity index (χ4v) is 6.41. The van der Waals surface area contributed by atoms with E-state index in [0.29, 0.717) is 32.2 Å². The zero-order chi connectivity index (χ0) is 46.6. The van der Waals surface area contributed by atoms with Crippen molar-refractivity contribution in [3.05, 3.63) is 0 Å². The smallest absolute Gasteiger partial charge is 0.326 e. The number of carbonyl (C=O) groups is 7. The minimum atomic E-state index is -1.18. The van der Waals surface area contributed by atoms with Crippen molar-refractivity contribution in [2.24, 2.45) is 0 Å². The van der Waals surface area contributed by atoms with E-state index in [9.17, 15) is 38.7 Å². The van der Waals surface area contributed by atoms with E-state index in [1.54, 1.807) is 7.98 Å². The molecule has 2 atom stereocenters. The van der Waals surface area contributed by atoms with Gasteiger partial charge in [-0.25, -0.2) is 4.79 Å². The van der Waals surface area contributed by atoms with Crippen LogP contribution in [0.25, 0.3) is 0 Å². The van der Waals surface area contributed by atoms with Crippen molar-refractivity contribution < 1.29 is 67.8 Å². The van der Waals surface area contributed by atoms with Gasteiger partial charge in [0.25, 0.3) is 0 Å². The lowest BCUT2D eigenvalue weighted by Crippen LogP contribution is -2.41. The van der Waals surface area contributed by atoms with Gasteiger partial charge in [-0.1, -0.05) is 89.9 Å². The zero-order valence-electron chi connectivity index (χ0n) is 38.0. The van der Waals surface area contributed by atoms with Crippen molar-refractivity contribution in [3.8, 4) is 0 Å². The first-order valence-electron chi connectivity index (χ1n) is 23.2. The van der Waals surface area contributed by atoms with Gasteiger partial charge in [-0.05, 0) is 38.5 Å². The molecule has 0 aliphatic rings. The van der Waals surface area contributed by atoms with E-state index in [0.717, 1.165) is 38.5 Å². The Morgan fingerprint density at radius 2 is 0.810 bits per heavy atom. The molecule has 0 spiro atoms. The Morgan fingerprint density at radius 3 is 1.25 bits per heavy atom. The lowest BCUT2D eigenvalue weighted by molar-refractivity contribution is -0.142. The summed E-state index contributed by atoms with van der Waals surface area (Å²) in [6.07, 6.45) is 20.0. The van der Waals surface area contributed by atoms with Gasteiger partial charge in [0, 0.05) is 38.9 Å². The van der Waals surface area contributed by atoms with Crippen LogP contribution in [0.15, 0.2) is 0 Å². The molecule has 0 aromatic carbocycles. The Labute approximate surface area is 375 Å². The standard InChI is InChI=1S/C43H80BN5O14/c44-49-36(43(58)59)19-17-18-24-45-39(52)33-62-31-30-61-28-26-47-40(53)34-63-32-29-60-27-25-46-37(50)23-22-35(42(56)57)48-38(51)20-15-13-11-9-7-5-3-1-2-4-6-8-10-12-14-16-21-41(54)55/h35-36,49H,1-34,44H2,(H,45,52)(H,46,50)(H,47,53)(H,48,51)(H,54,55)(H,56,57)(H,58,59)/t35-,36-/m0/s1. The Bertz CT molecular complexity index is 1230. The van der Waals surface area contributed by atoms with E-state index in [4.69, 9.17) is 29.2 Å². The number of unbranched alkanes of at least 4 members (excludes halogenated alkanes) is 16. The summed E-state index contributed by atoms with van der Waals surface area (Å²) in [5.41, 5.74) is 0. The second-order valence-corrected chi connectivity index (χ2v) is 15.6. The lowest BCUT2D eigenvalue weighted by atomic mass is 10.0. The monoisotopic (exact) mass is 902 g/mol. The lowest BCUT2D eigenvalue weighted by Gasteiger charge is -2.14. The molecule has 0 radical (unpaired) electrons. The van der Waals surface area contributed by atoms with Crippen LogP contribution in [0, 0.1) is 0 Å². The maximum absolute atomic E-state index is 12.3. The highest BCUT2D eigenvalue weighted by Gasteiger charge is 2.21. The number of carbonyl (C=O) groups excluding carboxylic acids is 4. The maximum atomic E-state index is 12.3. The predicted octanol–water partition coefficient (Wildman–Crippen LogP) is 2.62. The molecule has 0 aromatic heterocycles. The molecule has 0 unspecified atom stereocenters. The van der Waals surface area contributed by atoms with Crippen LogP contribution in [0.5, 0.6) is 0 Å². The van der Waals surface area contributed by atoms with Gasteiger partial charge >= 0.3 is 17.9 Å². The molecule has 0 aromatic rings. The Hall–Kier alpha value is -3.85. The van der Waals surface area contributed by atoms with E-state index in [-0.39, 0.29) is 115 Å². The van der Waals surface area contributed by atoms with Gasteiger partial charge < -0.3 is 60.8 Å². The van der Waals surface area contributed by atoms with Gasteiger partial charge in [0.2, 0.25) is 23.6 Å². The number of carboxylic acids is 3. The average molecular weight is 902 g/mol. The average Bonchev–Trinajstić information content (AvgIpc) is 3.24. The summed E-state index contributed by atoms with van der Waals surface area (Å²) in [4.78, 5) is 81.4. The molecule has 63 heavy (non-hydrogen) atoms. The van der Waals surface area contributed by atoms with Crippen LogP contribution in [-0.4, -0.2) is 149 Å². The third-order valence-corrected chi connectivity index (χ3v) is 10.1. The van der Waals surface area contributed by atoms with E-state index in [1.807, 2.05) is 0 Å². The molecule has 0 heterocycles. The van der Waals surface area contributed by atoms with E-state index < -0.39 is 30.0 Å². The molecule has 4 amide bonds. The highest BCUT2D eigenvalue weighted by atomic mass is 16.5. The van der Waals surface area contributed by atoms with Crippen molar-refractivity contribution in [2.45, 2.75) is 160 Å². The van der Waals surface area contributed by atoms with Crippen molar-refractivity contribution >= 4 is 49.5 Å². The molecular formula is C43H80BN5O14. The number of amides is 4. The predicted molar refractivity (Wildman–Crippen MR) is 239 cm³/mol. The number of carboxylic acid groups (broad SMARTS) is 3. The molecule has 0 aliphatic heterocycles. The number of aliphatic carboxylic acids is 3. The third kappa shape index (κ3) is 41.9. The van der Waals surface area contributed by atoms with Crippen molar-refractivity contribution in [1.82, 2.24) is 26.5 Å². The summed E-state index contributed by atoms with van der Waals surface area (Å²) in [5, 5.41) is 40.4. The minimum Gasteiger partial charge on any atom is -0.481 e. The van der Waals surface area contributed by atoms with Crippen LogP contribution in [0.4, 0.5) is 0 Å². The van der Waals surface area contributed by atoms with Gasteiger partial charge in [0.05, 0.1) is 45.7 Å². The van der Waals surface area contributed by atoms with Crippen LogP contribution in [0.1, 0.15) is 148 Å². The van der Waals surface area contributed by atoms with E-state index >= 15 is 0 Å². The largest absolute Gasteiger partial charge is 0.481 e. The first-order valence-corrected chi connectivity index (χ1v) is 23.2. The first-order chi connectivity index (χ1) is 30.5. The molecule has 0 fully saturated rings. The summed E-state index contributed by atoms with van der Waals surface area (Å²) in [6, 6.07) is -1.74. The van der Waals surface area contributed by atoms with Crippen molar-refractivity contribution in [2.75, 3.05) is 72.5 Å². The molecule has 0 aliphatic carbocycles. The molecule has 0 bridgehead atoms. The van der Waals surface area contributed by atoms with Crippen molar-refractivity contribution in [3.63, 3.8) is 0 Å². The van der Waals surface area contributed by atoms with E-state index in [2.05, 4.69) is 26.5 Å². The number of rotatable bonds is 47. The molecular weight excluding hydrogens is 821 g/mol. The maximum Gasteiger partial charge on any atom is 0.326 e. The van der Waals surface area contributed by atoms with Crippen LogP contribution in [0.3, 0.4) is 0 Å². The van der Waals surface area contributed by atoms with Crippen LogP contribution < -0.4 is 26.5 Å². The summed E-state index contributed by atoms with van der Waals surface area (Å²) in [5.74, 6) is -4.07. The molecule has 0 saturated heterocycles. The number of nitrogens with one attached hydrogen (secondary N) is 5. The fraction of sp³-hybridized carbons (Fsp3) is 0.837.